The topological polar surface area (TPSA) is 55.3 Å². The average molecular weight is 291 g/mol. The number of nitrogens with one attached hydrogen (secondary N) is 1. The lowest BCUT2D eigenvalue weighted by Crippen LogP contribution is -2.14. The standard InChI is InChI=1S/C15H19ClN4/c1-10(16)14(17)7-18-6-13-9-20-8-12(11-2-3-11)4-5-15(20)19-13/h4-5,7-11,18H,2-3,6,17H2,1H3/b14-7-. The molecule has 0 radical (unpaired) electrons. The molecule has 0 aromatic carbocycles. The highest BCUT2D eigenvalue weighted by atomic mass is 35.5. The van der Waals surface area contributed by atoms with Crippen molar-refractivity contribution in [3.05, 3.63) is 47.7 Å². The van der Waals surface area contributed by atoms with Gasteiger partial charge in [0.15, 0.2) is 0 Å². The number of fused-ring (bicyclic) bond motifs is 1. The number of hydrogen-bond donors (Lipinski definition) is 2. The van der Waals surface area contributed by atoms with Gasteiger partial charge in [-0.05, 0) is 37.3 Å². The molecule has 1 unspecified atom stereocenters. The van der Waals surface area contributed by atoms with E-state index >= 15 is 0 Å². The maximum Gasteiger partial charge on any atom is 0.137 e. The monoisotopic (exact) mass is 290 g/mol. The molecule has 3 N–H and O–H groups in total. The zero-order valence-electron chi connectivity index (χ0n) is 11.5. The van der Waals surface area contributed by atoms with Gasteiger partial charge in [0.25, 0.3) is 0 Å². The molecule has 0 aliphatic heterocycles. The van der Waals surface area contributed by atoms with E-state index in [2.05, 4.69) is 39.2 Å². The molecule has 1 aliphatic rings. The molecule has 1 saturated carbocycles. The molecule has 2 heterocycles. The van der Waals surface area contributed by atoms with E-state index in [1.165, 1.54) is 18.4 Å². The summed E-state index contributed by atoms with van der Waals surface area (Å²) >= 11 is 5.87. The molecular formula is C15H19ClN4. The van der Waals surface area contributed by atoms with Crippen LogP contribution < -0.4 is 11.1 Å². The summed E-state index contributed by atoms with van der Waals surface area (Å²) in [5, 5.41) is 2.98. The number of halogens is 1. The maximum atomic E-state index is 5.87. The van der Waals surface area contributed by atoms with Crippen LogP contribution in [0.4, 0.5) is 0 Å². The Kier molecular flexibility index (Phi) is 3.57. The molecule has 0 amide bonds. The zero-order valence-corrected chi connectivity index (χ0v) is 12.3. The number of aromatic nitrogens is 2. The highest BCUT2D eigenvalue weighted by Gasteiger charge is 2.23. The number of pyridine rings is 1. The minimum absolute atomic E-state index is 0.162. The smallest absolute Gasteiger partial charge is 0.137 e. The molecule has 0 saturated heterocycles. The van der Waals surface area contributed by atoms with Crippen molar-refractivity contribution in [3.8, 4) is 0 Å². The SMILES string of the molecule is CC(Cl)/C(N)=C/NCc1cn2cc(C3CC3)ccc2n1. The average Bonchev–Trinajstić information content (AvgIpc) is 3.18. The van der Waals surface area contributed by atoms with Gasteiger partial charge in [0.2, 0.25) is 0 Å². The van der Waals surface area contributed by atoms with Gasteiger partial charge < -0.3 is 15.5 Å². The number of imidazole rings is 1. The highest BCUT2D eigenvalue weighted by Crippen LogP contribution is 2.39. The van der Waals surface area contributed by atoms with Gasteiger partial charge in [-0.1, -0.05) is 6.07 Å². The number of hydrogen-bond acceptors (Lipinski definition) is 3. The molecule has 1 atom stereocenters. The lowest BCUT2D eigenvalue weighted by molar-refractivity contribution is 0.827. The van der Waals surface area contributed by atoms with Gasteiger partial charge in [-0.3, -0.25) is 0 Å². The van der Waals surface area contributed by atoms with Crippen LogP contribution in [0.25, 0.3) is 5.65 Å². The normalized spacial score (nSPS) is 17.4. The van der Waals surface area contributed by atoms with Crippen molar-refractivity contribution in [3.63, 3.8) is 0 Å². The quantitative estimate of drug-likeness (QED) is 0.833. The molecule has 2 aromatic rings. The fourth-order valence-electron chi connectivity index (χ4n) is 2.19. The second kappa shape index (κ2) is 5.37. The van der Waals surface area contributed by atoms with Crippen molar-refractivity contribution in [2.75, 3.05) is 0 Å². The maximum absolute atomic E-state index is 5.87. The molecule has 1 fully saturated rings. The van der Waals surface area contributed by atoms with Crippen LogP contribution in [0, 0.1) is 0 Å². The van der Waals surface area contributed by atoms with E-state index in [1.54, 1.807) is 6.20 Å². The summed E-state index contributed by atoms with van der Waals surface area (Å²) in [6, 6.07) is 4.27. The van der Waals surface area contributed by atoms with Gasteiger partial charge in [-0.2, -0.15) is 0 Å². The molecule has 1 aliphatic carbocycles. The van der Waals surface area contributed by atoms with E-state index in [9.17, 15) is 0 Å². The first-order valence-electron chi connectivity index (χ1n) is 6.94. The minimum Gasteiger partial charge on any atom is -0.400 e. The Labute approximate surface area is 123 Å². The van der Waals surface area contributed by atoms with Crippen molar-refractivity contribution in [1.29, 1.82) is 0 Å². The first-order chi connectivity index (χ1) is 9.63. The summed E-state index contributed by atoms with van der Waals surface area (Å²) in [6.07, 6.45) is 8.62. The Morgan fingerprint density at radius 1 is 1.55 bits per heavy atom. The molecule has 4 nitrogen and oxygen atoms in total. The lowest BCUT2D eigenvalue weighted by Gasteiger charge is -2.03. The van der Waals surface area contributed by atoms with Crippen molar-refractivity contribution in [2.45, 2.75) is 37.6 Å². The van der Waals surface area contributed by atoms with Crippen LogP contribution in [0.2, 0.25) is 0 Å². The number of nitrogens with two attached hydrogens (primary N) is 1. The zero-order chi connectivity index (χ0) is 14.1. The van der Waals surface area contributed by atoms with E-state index in [1.807, 2.05) is 6.92 Å². The summed E-state index contributed by atoms with van der Waals surface area (Å²) in [5.74, 6) is 0.760. The number of alkyl halides is 1. The van der Waals surface area contributed by atoms with Gasteiger partial charge in [0.05, 0.1) is 17.6 Å². The van der Waals surface area contributed by atoms with Crippen molar-refractivity contribution >= 4 is 17.2 Å². The Hall–Kier alpha value is -1.68. The molecular weight excluding hydrogens is 272 g/mol. The summed E-state index contributed by atoms with van der Waals surface area (Å²) in [6.45, 7) is 2.49. The molecule has 0 bridgehead atoms. The van der Waals surface area contributed by atoms with E-state index < -0.39 is 0 Å². The Morgan fingerprint density at radius 3 is 3.05 bits per heavy atom. The van der Waals surface area contributed by atoms with Gasteiger partial charge in [0.1, 0.15) is 5.65 Å². The van der Waals surface area contributed by atoms with E-state index in [4.69, 9.17) is 17.3 Å². The van der Waals surface area contributed by atoms with E-state index in [0.29, 0.717) is 12.2 Å². The second-order valence-corrected chi connectivity index (χ2v) is 6.03. The number of rotatable bonds is 5. The fourth-order valence-corrected chi connectivity index (χ4v) is 2.26. The molecule has 106 valence electrons. The van der Waals surface area contributed by atoms with Gasteiger partial charge in [-0.15, -0.1) is 11.6 Å². The third-order valence-corrected chi connectivity index (χ3v) is 3.84. The van der Waals surface area contributed by atoms with Crippen LogP contribution >= 0.6 is 11.6 Å². The Bertz CT molecular complexity index is 640. The minimum atomic E-state index is -0.162. The lowest BCUT2D eigenvalue weighted by atomic mass is 10.2. The Morgan fingerprint density at radius 2 is 2.35 bits per heavy atom. The van der Waals surface area contributed by atoms with Crippen LogP contribution in [-0.2, 0) is 6.54 Å². The molecule has 3 rings (SSSR count). The summed E-state index contributed by atoms with van der Waals surface area (Å²) in [4.78, 5) is 4.57. The summed E-state index contributed by atoms with van der Waals surface area (Å²) in [5.41, 5.74) is 9.77. The predicted molar refractivity (Wildman–Crippen MR) is 81.6 cm³/mol. The molecule has 2 aromatic heterocycles. The molecule has 5 heteroatoms. The van der Waals surface area contributed by atoms with Crippen LogP contribution in [-0.4, -0.2) is 14.8 Å². The summed E-state index contributed by atoms with van der Waals surface area (Å²) < 4.78 is 2.10. The van der Waals surface area contributed by atoms with Crippen LogP contribution in [0.5, 0.6) is 0 Å². The van der Waals surface area contributed by atoms with Crippen LogP contribution in [0.15, 0.2) is 36.4 Å². The van der Waals surface area contributed by atoms with Gasteiger partial charge >= 0.3 is 0 Å². The number of nitrogens with zero attached hydrogens (tertiary/aromatic N) is 2. The molecule has 0 spiro atoms. The Balaban J connectivity index is 1.71. The van der Waals surface area contributed by atoms with Crippen molar-refractivity contribution in [1.82, 2.24) is 14.7 Å². The third kappa shape index (κ3) is 2.90. The second-order valence-electron chi connectivity index (χ2n) is 5.38. The van der Waals surface area contributed by atoms with Crippen molar-refractivity contribution in [2.24, 2.45) is 5.73 Å². The van der Waals surface area contributed by atoms with Gasteiger partial charge in [-0.25, -0.2) is 4.98 Å². The fraction of sp³-hybridized carbons (Fsp3) is 0.400. The first-order valence-corrected chi connectivity index (χ1v) is 7.37. The predicted octanol–water partition coefficient (Wildman–Crippen LogP) is 2.73. The largest absolute Gasteiger partial charge is 0.400 e. The summed E-state index contributed by atoms with van der Waals surface area (Å²) in [7, 11) is 0. The third-order valence-electron chi connectivity index (χ3n) is 3.58. The first kappa shape index (κ1) is 13.3. The van der Waals surface area contributed by atoms with Gasteiger partial charge in [0, 0.05) is 24.3 Å². The highest BCUT2D eigenvalue weighted by molar-refractivity contribution is 6.22. The van der Waals surface area contributed by atoms with E-state index in [0.717, 1.165) is 17.3 Å². The number of allylic oxidation sites excluding steroid dienone is 1. The van der Waals surface area contributed by atoms with Crippen molar-refractivity contribution < 1.29 is 0 Å². The molecule has 20 heavy (non-hydrogen) atoms. The van der Waals surface area contributed by atoms with E-state index in [-0.39, 0.29) is 5.38 Å². The van der Waals surface area contributed by atoms with Crippen LogP contribution in [0.1, 0.15) is 36.9 Å². The van der Waals surface area contributed by atoms with Crippen LogP contribution in [0.3, 0.4) is 0 Å².